The van der Waals surface area contributed by atoms with Gasteiger partial charge >= 0.3 is 0 Å². The predicted molar refractivity (Wildman–Crippen MR) is 52.8 cm³/mol. The van der Waals surface area contributed by atoms with E-state index < -0.39 is 0 Å². The zero-order valence-electron chi connectivity index (χ0n) is 8.53. The van der Waals surface area contributed by atoms with E-state index >= 15 is 0 Å². The van der Waals surface area contributed by atoms with Crippen LogP contribution >= 0.6 is 0 Å². The summed E-state index contributed by atoms with van der Waals surface area (Å²) in [7, 11) is 0. The Hall–Kier alpha value is 0. The van der Waals surface area contributed by atoms with Crippen molar-refractivity contribution in [3.63, 3.8) is 0 Å². The molecule has 68 valence electrons. The Kier molecular flexibility index (Phi) is 8.10. The Morgan fingerprint density at radius 2 is 1.55 bits per heavy atom. The maximum absolute atomic E-state index is 2.27. The molecule has 0 aliphatic heterocycles. The number of hydrogen-bond donors (Lipinski definition) is 0. The van der Waals surface area contributed by atoms with Gasteiger partial charge in [-0.3, -0.25) is 0 Å². The molecule has 1 aliphatic rings. The lowest BCUT2D eigenvalue weighted by Crippen LogP contribution is -1.75. The fourth-order valence-electron chi connectivity index (χ4n) is 1.09. The van der Waals surface area contributed by atoms with Crippen molar-refractivity contribution in [1.29, 1.82) is 0 Å². The molecule has 1 saturated carbocycles. The maximum Gasteiger partial charge on any atom is -0.0414 e. The Bertz CT molecular complexity index is 62.4. The Morgan fingerprint density at radius 1 is 1.00 bits per heavy atom. The maximum atomic E-state index is 2.27. The minimum Gasteiger partial charge on any atom is -0.0656 e. The molecule has 0 unspecified atom stereocenters. The van der Waals surface area contributed by atoms with Crippen molar-refractivity contribution in [2.45, 2.75) is 65.7 Å². The van der Waals surface area contributed by atoms with Crippen LogP contribution in [0, 0.1) is 5.92 Å². The van der Waals surface area contributed by atoms with Gasteiger partial charge in [0, 0.05) is 0 Å². The van der Waals surface area contributed by atoms with E-state index in [4.69, 9.17) is 0 Å². The van der Waals surface area contributed by atoms with Crippen LogP contribution in [0.2, 0.25) is 0 Å². The lowest BCUT2D eigenvalue weighted by Gasteiger charge is -1.92. The summed E-state index contributed by atoms with van der Waals surface area (Å²) < 4.78 is 0. The Balaban J connectivity index is 0.000000292. The van der Waals surface area contributed by atoms with E-state index in [9.17, 15) is 0 Å². The fourth-order valence-corrected chi connectivity index (χ4v) is 1.09. The highest BCUT2D eigenvalue weighted by Crippen LogP contribution is 2.33. The van der Waals surface area contributed by atoms with Crippen molar-refractivity contribution in [2.24, 2.45) is 5.92 Å². The molecular formula is C11H24. The summed E-state index contributed by atoms with van der Waals surface area (Å²) in [4.78, 5) is 0. The van der Waals surface area contributed by atoms with Crippen molar-refractivity contribution < 1.29 is 0 Å². The first-order valence-electron chi connectivity index (χ1n) is 5.35. The molecule has 11 heavy (non-hydrogen) atoms. The van der Waals surface area contributed by atoms with Gasteiger partial charge in [-0.25, -0.2) is 0 Å². The van der Waals surface area contributed by atoms with E-state index in [1.807, 2.05) is 0 Å². The van der Waals surface area contributed by atoms with Crippen LogP contribution in [0.5, 0.6) is 0 Å². The van der Waals surface area contributed by atoms with E-state index in [0.717, 1.165) is 5.92 Å². The van der Waals surface area contributed by atoms with Gasteiger partial charge in [-0.15, -0.1) is 0 Å². The molecular weight excluding hydrogens is 132 g/mol. The van der Waals surface area contributed by atoms with E-state index in [-0.39, 0.29) is 0 Å². The van der Waals surface area contributed by atoms with E-state index in [2.05, 4.69) is 20.8 Å². The molecule has 0 saturated heterocycles. The third-order valence-corrected chi connectivity index (χ3v) is 1.91. The smallest absolute Gasteiger partial charge is 0.0414 e. The van der Waals surface area contributed by atoms with Crippen LogP contribution in [0.25, 0.3) is 0 Å². The lowest BCUT2D eigenvalue weighted by atomic mass is 10.1. The van der Waals surface area contributed by atoms with E-state index in [1.54, 1.807) is 0 Å². The first-order chi connectivity index (χ1) is 5.35. The molecule has 1 aliphatic carbocycles. The quantitative estimate of drug-likeness (QED) is 0.529. The van der Waals surface area contributed by atoms with Crippen LogP contribution in [-0.2, 0) is 0 Å². The molecule has 0 amide bonds. The average Bonchev–Trinajstić information content (AvgIpc) is 2.74. The van der Waals surface area contributed by atoms with Crippen LogP contribution in [0.1, 0.15) is 65.7 Å². The molecule has 0 bridgehead atoms. The van der Waals surface area contributed by atoms with Crippen LogP contribution in [-0.4, -0.2) is 0 Å². The Labute approximate surface area is 72.4 Å². The van der Waals surface area contributed by atoms with Gasteiger partial charge in [-0.1, -0.05) is 65.7 Å². The average molecular weight is 156 g/mol. The van der Waals surface area contributed by atoms with Gasteiger partial charge in [0.15, 0.2) is 0 Å². The third-order valence-electron chi connectivity index (χ3n) is 1.91. The minimum atomic E-state index is 1.15. The number of hydrogen-bond acceptors (Lipinski definition) is 0. The second-order valence-corrected chi connectivity index (χ2v) is 3.65. The third kappa shape index (κ3) is 10.0. The molecule has 0 atom stereocenters. The van der Waals surface area contributed by atoms with Crippen LogP contribution in [0.3, 0.4) is 0 Å². The molecule has 1 fully saturated rings. The first kappa shape index (κ1) is 11.0. The molecule has 0 N–H and O–H groups in total. The standard InChI is InChI=1S/C8H16.C3H8/c1-2-3-4-5-8-6-7-8;1-3-2/h8H,2-7H2,1H3;3H2,1-2H3. The van der Waals surface area contributed by atoms with Gasteiger partial charge in [0.1, 0.15) is 0 Å². The largest absolute Gasteiger partial charge is 0.0656 e. The van der Waals surface area contributed by atoms with Gasteiger partial charge < -0.3 is 0 Å². The minimum absolute atomic E-state index is 1.15. The van der Waals surface area contributed by atoms with Crippen molar-refractivity contribution in [2.75, 3.05) is 0 Å². The van der Waals surface area contributed by atoms with E-state index in [0.29, 0.717) is 0 Å². The molecule has 0 nitrogen and oxygen atoms in total. The van der Waals surface area contributed by atoms with Crippen molar-refractivity contribution >= 4 is 0 Å². The molecule has 0 radical (unpaired) electrons. The monoisotopic (exact) mass is 156 g/mol. The Morgan fingerprint density at radius 3 is 1.91 bits per heavy atom. The van der Waals surface area contributed by atoms with Crippen molar-refractivity contribution in [1.82, 2.24) is 0 Å². The number of unbranched alkanes of at least 4 members (excludes halogenated alkanes) is 2. The summed E-state index contributed by atoms with van der Waals surface area (Å²) in [5.41, 5.74) is 0. The highest BCUT2D eigenvalue weighted by molar-refractivity contribution is 4.72. The highest BCUT2D eigenvalue weighted by atomic mass is 14.2. The normalized spacial score (nSPS) is 15.5. The van der Waals surface area contributed by atoms with Gasteiger partial charge in [0.25, 0.3) is 0 Å². The fraction of sp³-hybridized carbons (Fsp3) is 1.00. The molecule has 0 spiro atoms. The van der Waals surface area contributed by atoms with Crippen LogP contribution < -0.4 is 0 Å². The van der Waals surface area contributed by atoms with Crippen LogP contribution in [0.4, 0.5) is 0 Å². The molecule has 0 heterocycles. The molecule has 0 aromatic rings. The lowest BCUT2D eigenvalue weighted by molar-refractivity contribution is 0.620. The van der Waals surface area contributed by atoms with E-state index in [1.165, 1.54) is 44.9 Å². The number of rotatable bonds is 4. The second-order valence-electron chi connectivity index (χ2n) is 3.65. The van der Waals surface area contributed by atoms with Gasteiger partial charge in [0.2, 0.25) is 0 Å². The zero-order valence-corrected chi connectivity index (χ0v) is 8.53. The van der Waals surface area contributed by atoms with Gasteiger partial charge in [-0.2, -0.15) is 0 Å². The summed E-state index contributed by atoms with van der Waals surface area (Å²) >= 11 is 0. The second kappa shape index (κ2) is 8.10. The topological polar surface area (TPSA) is 0 Å². The van der Waals surface area contributed by atoms with Crippen LogP contribution in [0.15, 0.2) is 0 Å². The summed E-state index contributed by atoms with van der Waals surface area (Å²) in [5.74, 6) is 1.15. The van der Waals surface area contributed by atoms with Gasteiger partial charge in [0.05, 0.1) is 0 Å². The molecule has 0 aromatic carbocycles. The molecule has 0 aromatic heterocycles. The predicted octanol–water partition coefficient (Wildman–Crippen LogP) is 4.39. The summed E-state index contributed by atoms with van der Waals surface area (Å²) in [5, 5.41) is 0. The van der Waals surface area contributed by atoms with Gasteiger partial charge in [-0.05, 0) is 5.92 Å². The zero-order chi connectivity index (χ0) is 8.53. The molecule has 0 heteroatoms. The summed E-state index contributed by atoms with van der Waals surface area (Å²) in [6.07, 6.45) is 10.2. The SMILES string of the molecule is CCC.CCCCCC1CC1. The first-order valence-corrected chi connectivity index (χ1v) is 5.35. The van der Waals surface area contributed by atoms with Crippen molar-refractivity contribution in [3.8, 4) is 0 Å². The summed E-state index contributed by atoms with van der Waals surface area (Å²) in [6, 6.07) is 0. The van der Waals surface area contributed by atoms with Crippen molar-refractivity contribution in [3.05, 3.63) is 0 Å². The summed E-state index contributed by atoms with van der Waals surface area (Å²) in [6.45, 7) is 6.52. The highest BCUT2D eigenvalue weighted by Gasteiger charge is 2.19. The molecule has 1 rings (SSSR count).